The van der Waals surface area contributed by atoms with Gasteiger partial charge >= 0.3 is 0 Å². The molecule has 2 aromatic carbocycles. The average Bonchev–Trinajstić information content (AvgIpc) is 3.22. The zero-order valence-electron chi connectivity index (χ0n) is 12.4. The molecule has 0 aliphatic rings. The molecule has 0 atom stereocenters. The summed E-state index contributed by atoms with van der Waals surface area (Å²) in [6.45, 7) is 0. The topological polar surface area (TPSA) is 34.1 Å². The quantitative estimate of drug-likeness (QED) is 0.512. The molecule has 5 heteroatoms. The van der Waals surface area contributed by atoms with Crippen molar-refractivity contribution in [1.29, 1.82) is 0 Å². The molecular weight excluding hydrogens is 324 g/mol. The first kappa shape index (κ1) is 14.2. The summed E-state index contributed by atoms with van der Waals surface area (Å²) in [5, 5.41) is 9.77. The van der Waals surface area contributed by atoms with Crippen LogP contribution in [0.1, 0.15) is 0 Å². The van der Waals surface area contributed by atoms with Gasteiger partial charge in [-0.05, 0) is 30.3 Å². The molecule has 0 aliphatic heterocycles. The highest BCUT2D eigenvalue weighted by molar-refractivity contribution is 7.18. The summed E-state index contributed by atoms with van der Waals surface area (Å²) >= 11 is 3.37. The Labute approximate surface area is 142 Å². The molecule has 23 heavy (non-hydrogen) atoms. The number of thiophene rings is 1. The Morgan fingerprint density at radius 2 is 1.78 bits per heavy atom. The first-order valence-corrected chi connectivity index (χ1v) is 8.92. The maximum Gasteiger partial charge on any atom is 0.187 e. The molecule has 4 rings (SSSR count). The number of rotatable bonds is 4. The molecule has 0 fully saturated rings. The van der Waals surface area contributed by atoms with Crippen LogP contribution in [0.2, 0.25) is 0 Å². The van der Waals surface area contributed by atoms with Crippen LogP contribution in [0.25, 0.3) is 21.3 Å². The fraction of sp³-hybridized carbons (Fsp3) is 0.0556. The number of nitrogens with zero attached hydrogens (tertiary/aromatic N) is 1. The van der Waals surface area contributed by atoms with E-state index in [-0.39, 0.29) is 0 Å². The lowest BCUT2D eigenvalue weighted by Crippen LogP contribution is -1.90. The van der Waals surface area contributed by atoms with Gasteiger partial charge in [0.1, 0.15) is 5.75 Å². The molecule has 0 saturated carbocycles. The molecule has 1 N–H and O–H groups in total. The maximum atomic E-state index is 5.17. The molecular formula is C18H14N2OS2. The first-order chi connectivity index (χ1) is 11.3. The van der Waals surface area contributed by atoms with E-state index in [1.807, 2.05) is 24.3 Å². The summed E-state index contributed by atoms with van der Waals surface area (Å²) < 4.78 is 6.47. The Morgan fingerprint density at radius 3 is 2.61 bits per heavy atom. The van der Waals surface area contributed by atoms with Crippen LogP contribution in [0, 0.1) is 0 Å². The van der Waals surface area contributed by atoms with Crippen molar-refractivity contribution in [1.82, 2.24) is 4.98 Å². The predicted octanol–water partition coefficient (Wildman–Crippen LogP) is 5.78. The zero-order valence-corrected chi connectivity index (χ0v) is 14.1. The number of anilines is 2. The van der Waals surface area contributed by atoms with Crippen molar-refractivity contribution < 1.29 is 4.74 Å². The minimum absolute atomic E-state index is 0.847. The van der Waals surface area contributed by atoms with E-state index in [2.05, 4.69) is 40.3 Å². The van der Waals surface area contributed by atoms with E-state index in [0.29, 0.717) is 0 Å². The third-order valence-corrected chi connectivity index (χ3v) is 5.32. The van der Waals surface area contributed by atoms with Crippen LogP contribution in [-0.2, 0) is 0 Å². The van der Waals surface area contributed by atoms with Crippen molar-refractivity contribution >= 4 is 43.6 Å². The normalized spacial score (nSPS) is 10.8. The monoisotopic (exact) mass is 338 g/mol. The Balaban J connectivity index is 1.61. The van der Waals surface area contributed by atoms with Crippen LogP contribution in [0.3, 0.4) is 0 Å². The molecule has 2 aromatic heterocycles. The maximum absolute atomic E-state index is 5.17. The van der Waals surface area contributed by atoms with E-state index in [9.17, 15) is 0 Å². The molecule has 0 saturated heterocycles. The zero-order chi connectivity index (χ0) is 15.6. The summed E-state index contributed by atoms with van der Waals surface area (Å²) in [4.78, 5) is 4.72. The standard InChI is InChI=1S/C18H14N2OS2/c1-21-13-8-6-12(7-9-13)19-18-20-16(11-23-18)15-10-22-17-5-3-2-4-14(15)17/h2-11H,1H3,(H,19,20). The van der Waals surface area contributed by atoms with Crippen LogP contribution in [0.15, 0.2) is 59.3 Å². The van der Waals surface area contributed by atoms with Crippen molar-refractivity contribution in [2.75, 3.05) is 12.4 Å². The number of nitrogens with one attached hydrogen (secondary N) is 1. The van der Waals surface area contributed by atoms with Gasteiger partial charge in [-0.3, -0.25) is 0 Å². The lowest BCUT2D eigenvalue weighted by atomic mass is 10.1. The minimum Gasteiger partial charge on any atom is -0.497 e. The molecule has 0 spiro atoms. The number of fused-ring (bicyclic) bond motifs is 1. The van der Waals surface area contributed by atoms with Gasteiger partial charge in [0.25, 0.3) is 0 Å². The van der Waals surface area contributed by atoms with E-state index in [0.717, 1.165) is 22.3 Å². The van der Waals surface area contributed by atoms with E-state index >= 15 is 0 Å². The summed E-state index contributed by atoms with van der Waals surface area (Å²) in [7, 11) is 1.67. The van der Waals surface area contributed by atoms with E-state index in [4.69, 9.17) is 9.72 Å². The number of aromatic nitrogens is 1. The van der Waals surface area contributed by atoms with E-state index in [1.54, 1.807) is 29.8 Å². The van der Waals surface area contributed by atoms with Gasteiger partial charge in [0.15, 0.2) is 5.13 Å². The van der Waals surface area contributed by atoms with E-state index < -0.39 is 0 Å². The second kappa shape index (κ2) is 6.02. The van der Waals surface area contributed by atoms with Gasteiger partial charge in [0.2, 0.25) is 0 Å². The number of ether oxygens (including phenoxy) is 1. The fourth-order valence-corrected chi connectivity index (χ4v) is 4.11. The number of hydrogen-bond acceptors (Lipinski definition) is 5. The van der Waals surface area contributed by atoms with Crippen molar-refractivity contribution in [2.24, 2.45) is 0 Å². The summed E-state index contributed by atoms with van der Waals surface area (Å²) in [5.41, 5.74) is 3.22. The van der Waals surface area contributed by atoms with E-state index in [1.165, 1.54) is 15.6 Å². The number of thiazole rings is 1. The number of hydrogen-bond donors (Lipinski definition) is 1. The largest absolute Gasteiger partial charge is 0.497 e. The Hall–Kier alpha value is -2.37. The van der Waals surface area contributed by atoms with Crippen molar-refractivity contribution in [3.05, 3.63) is 59.3 Å². The minimum atomic E-state index is 0.847. The van der Waals surface area contributed by atoms with Crippen LogP contribution >= 0.6 is 22.7 Å². The third kappa shape index (κ3) is 2.81. The summed E-state index contributed by atoms with van der Waals surface area (Å²) in [5.74, 6) is 0.847. The SMILES string of the molecule is COc1ccc(Nc2nc(-c3csc4ccccc34)cs2)cc1. The van der Waals surface area contributed by atoms with Crippen molar-refractivity contribution in [3.63, 3.8) is 0 Å². The molecule has 0 aliphatic carbocycles. The second-order valence-corrected chi connectivity index (χ2v) is 6.81. The lowest BCUT2D eigenvalue weighted by molar-refractivity contribution is 0.415. The van der Waals surface area contributed by atoms with Gasteiger partial charge in [0.05, 0.1) is 12.8 Å². The fourth-order valence-electron chi connectivity index (χ4n) is 2.43. The van der Waals surface area contributed by atoms with Crippen LogP contribution < -0.4 is 10.1 Å². The summed E-state index contributed by atoms with van der Waals surface area (Å²) in [6.07, 6.45) is 0. The first-order valence-electron chi connectivity index (χ1n) is 7.17. The van der Waals surface area contributed by atoms with Gasteiger partial charge in [-0.15, -0.1) is 22.7 Å². The Kier molecular flexibility index (Phi) is 3.73. The molecule has 0 bridgehead atoms. The molecule has 0 unspecified atom stereocenters. The second-order valence-electron chi connectivity index (χ2n) is 5.04. The van der Waals surface area contributed by atoms with Gasteiger partial charge in [-0.25, -0.2) is 4.98 Å². The van der Waals surface area contributed by atoms with Crippen LogP contribution in [0.4, 0.5) is 10.8 Å². The molecule has 3 nitrogen and oxygen atoms in total. The van der Waals surface area contributed by atoms with Gasteiger partial charge in [-0.1, -0.05) is 18.2 Å². The Morgan fingerprint density at radius 1 is 0.957 bits per heavy atom. The third-order valence-electron chi connectivity index (χ3n) is 3.60. The van der Waals surface area contributed by atoms with Gasteiger partial charge in [0, 0.05) is 32.1 Å². The molecule has 0 radical (unpaired) electrons. The number of methoxy groups -OCH3 is 1. The van der Waals surface area contributed by atoms with Gasteiger partial charge in [-0.2, -0.15) is 0 Å². The van der Waals surface area contributed by atoms with Crippen molar-refractivity contribution in [2.45, 2.75) is 0 Å². The number of benzene rings is 2. The highest BCUT2D eigenvalue weighted by Gasteiger charge is 2.10. The molecule has 0 amide bonds. The predicted molar refractivity (Wildman–Crippen MR) is 99.2 cm³/mol. The van der Waals surface area contributed by atoms with Crippen molar-refractivity contribution in [3.8, 4) is 17.0 Å². The lowest BCUT2D eigenvalue weighted by Gasteiger charge is -2.03. The summed E-state index contributed by atoms with van der Waals surface area (Å²) in [6, 6.07) is 16.3. The highest BCUT2D eigenvalue weighted by atomic mass is 32.1. The average molecular weight is 338 g/mol. The molecule has 114 valence electrons. The molecule has 2 heterocycles. The molecule has 4 aromatic rings. The van der Waals surface area contributed by atoms with Crippen LogP contribution in [0.5, 0.6) is 5.75 Å². The smallest absolute Gasteiger partial charge is 0.187 e. The Bertz CT molecular complexity index is 941. The highest BCUT2D eigenvalue weighted by Crippen LogP contribution is 2.35. The van der Waals surface area contributed by atoms with Gasteiger partial charge < -0.3 is 10.1 Å². The van der Waals surface area contributed by atoms with Crippen LogP contribution in [-0.4, -0.2) is 12.1 Å².